The summed E-state index contributed by atoms with van der Waals surface area (Å²) < 4.78 is 10.1. The summed E-state index contributed by atoms with van der Waals surface area (Å²) >= 11 is 0. The summed E-state index contributed by atoms with van der Waals surface area (Å²) in [6.07, 6.45) is 0. The van der Waals surface area contributed by atoms with E-state index >= 15 is 0 Å². The van der Waals surface area contributed by atoms with Gasteiger partial charge in [-0.3, -0.25) is 0 Å². The van der Waals surface area contributed by atoms with Crippen LogP contribution >= 0.6 is 0 Å². The quantitative estimate of drug-likeness (QED) is 0.808. The van der Waals surface area contributed by atoms with Crippen LogP contribution in [0.3, 0.4) is 0 Å². The fraction of sp³-hybridized carbons (Fsp3) is 0.462. The van der Waals surface area contributed by atoms with Crippen molar-refractivity contribution in [2.45, 2.75) is 19.4 Å². The van der Waals surface area contributed by atoms with Crippen molar-refractivity contribution in [1.82, 2.24) is 5.32 Å². The smallest absolute Gasteiger partial charge is 0.330 e. The van der Waals surface area contributed by atoms with Crippen LogP contribution in [0.25, 0.3) is 0 Å². The van der Waals surface area contributed by atoms with Crippen molar-refractivity contribution >= 4 is 5.97 Å². The molecule has 0 radical (unpaired) electrons. The van der Waals surface area contributed by atoms with Crippen LogP contribution in [0.4, 0.5) is 0 Å². The highest BCUT2D eigenvalue weighted by Crippen LogP contribution is 2.31. The number of nitrogens with one attached hydrogen (secondary N) is 1. The fourth-order valence-electron chi connectivity index (χ4n) is 1.76. The molecule has 1 unspecified atom stereocenters. The lowest BCUT2D eigenvalue weighted by Crippen LogP contribution is -2.45. The number of carbonyl (C=O) groups excluding carboxylic acids is 1. The molecule has 0 spiro atoms. The highest BCUT2D eigenvalue weighted by molar-refractivity contribution is 5.83. The molecule has 0 aliphatic rings. The van der Waals surface area contributed by atoms with E-state index in [2.05, 4.69) is 5.32 Å². The zero-order chi connectivity index (χ0) is 13.1. The molecule has 1 atom stereocenters. The summed E-state index contributed by atoms with van der Waals surface area (Å²) in [6.45, 7) is 3.74. The molecule has 0 amide bonds. The van der Waals surface area contributed by atoms with Crippen LogP contribution < -0.4 is 10.1 Å². The van der Waals surface area contributed by atoms with Gasteiger partial charge in [-0.15, -0.1) is 0 Å². The standard InChI is InChI=1S/C13H19NO3/c1-9-6-7-11(16-4)10(8-9)13(2,14-3)12(15)17-5/h6-8,14H,1-5H3. The van der Waals surface area contributed by atoms with E-state index in [0.29, 0.717) is 5.75 Å². The molecule has 0 fully saturated rings. The maximum absolute atomic E-state index is 11.9. The van der Waals surface area contributed by atoms with Gasteiger partial charge in [-0.05, 0) is 33.0 Å². The Labute approximate surface area is 102 Å². The van der Waals surface area contributed by atoms with Crippen LogP contribution in [-0.2, 0) is 15.1 Å². The van der Waals surface area contributed by atoms with Crippen LogP contribution in [0.2, 0.25) is 0 Å². The van der Waals surface area contributed by atoms with Gasteiger partial charge < -0.3 is 14.8 Å². The predicted octanol–water partition coefficient (Wildman–Crippen LogP) is 1.61. The Morgan fingerprint density at radius 1 is 1.35 bits per heavy atom. The van der Waals surface area contributed by atoms with Crippen molar-refractivity contribution in [2.75, 3.05) is 21.3 Å². The van der Waals surface area contributed by atoms with Gasteiger partial charge in [0, 0.05) is 5.56 Å². The molecular formula is C13H19NO3. The number of ether oxygens (including phenoxy) is 2. The van der Waals surface area contributed by atoms with Gasteiger partial charge in [-0.25, -0.2) is 4.79 Å². The first kappa shape index (κ1) is 13.5. The third-order valence-corrected chi connectivity index (χ3v) is 2.99. The summed E-state index contributed by atoms with van der Waals surface area (Å²) in [5, 5.41) is 2.99. The Morgan fingerprint density at radius 3 is 2.47 bits per heavy atom. The van der Waals surface area contributed by atoms with E-state index in [1.807, 2.05) is 25.1 Å². The van der Waals surface area contributed by atoms with E-state index in [1.165, 1.54) is 7.11 Å². The highest BCUT2D eigenvalue weighted by Gasteiger charge is 2.37. The number of hydrogen-bond donors (Lipinski definition) is 1. The van der Waals surface area contributed by atoms with Crippen molar-refractivity contribution in [3.8, 4) is 5.75 Å². The minimum absolute atomic E-state index is 0.344. The molecular weight excluding hydrogens is 218 g/mol. The number of esters is 1. The highest BCUT2D eigenvalue weighted by atomic mass is 16.5. The second kappa shape index (κ2) is 5.19. The first-order chi connectivity index (χ1) is 7.99. The minimum atomic E-state index is -0.911. The number of benzene rings is 1. The van der Waals surface area contributed by atoms with Gasteiger partial charge in [-0.1, -0.05) is 11.6 Å². The average molecular weight is 237 g/mol. The Bertz CT molecular complexity index is 417. The first-order valence-electron chi connectivity index (χ1n) is 5.42. The molecule has 1 aromatic rings. The van der Waals surface area contributed by atoms with E-state index in [-0.39, 0.29) is 5.97 Å². The normalized spacial score (nSPS) is 13.9. The van der Waals surface area contributed by atoms with Crippen molar-refractivity contribution < 1.29 is 14.3 Å². The Balaban J connectivity index is 3.37. The molecule has 4 nitrogen and oxygen atoms in total. The zero-order valence-electron chi connectivity index (χ0n) is 11.0. The predicted molar refractivity (Wildman–Crippen MR) is 66.2 cm³/mol. The van der Waals surface area contributed by atoms with Gasteiger partial charge >= 0.3 is 5.97 Å². The Kier molecular flexibility index (Phi) is 4.12. The third-order valence-electron chi connectivity index (χ3n) is 2.99. The van der Waals surface area contributed by atoms with Crippen LogP contribution in [0.1, 0.15) is 18.1 Å². The second-order valence-electron chi connectivity index (χ2n) is 4.07. The van der Waals surface area contributed by atoms with Crippen molar-refractivity contribution in [3.05, 3.63) is 29.3 Å². The monoisotopic (exact) mass is 237 g/mol. The van der Waals surface area contributed by atoms with Gasteiger partial charge in [0.1, 0.15) is 11.3 Å². The first-order valence-corrected chi connectivity index (χ1v) is 5.42. The van der Waals surface area contributed by atoms with Gasteiger partial charge in [0.15, 0.2) is 0 Å². The van der Waals surface area contributed by atoms with Gasteiger partial charge in [-0.2, -0.15) is 0 Å². The summed E-state index contributed by atoms with van der Waals surface area (Å²) in [7, 11) is 4.68. The SMILES string of the molecule is CNC(C)(C(=O)OC)c1cc(C)ccc1OC. The maximum atomic E-state index is 11.9. The van der Waals surface area contributed by atoms with Gasteiger partial charge in [0.2, 0.25) is 0 Å². The number of hydrogen-bond acceptors (Lipinski definition) is 4. The van der Waals surface area contributed by atoms with Crippen molar-refractivity contribution in [1.29, 1.82) is 0 Å². The minimum Gasteiger partial charge on any atom is -0.496 e. The zero-order valence-corrected chi connectivity index (χ0v) is 11.0. The molecule has 0 saturated carbocycles. The van der Waals surface area contributed by atoms with Gasteiger partial charge in [0.25, 0.3) is 0 Å². The summed E-state index contributed by atoms with van der Waals surface area (Å²) in [5.41, 5.74) is 0.923. The van der Waals surface area contributed by atoms with E-state index in [9.17, 15) is 4.79 Å². The molecule has 94 valence electrons. The van der Waals surface area contributed by atoms with E-state index in [1.54, 1.807) is 21.1 Å². The van der Waals surface area contributed by atoms with Crippen LogP contribution in [0.15, 0.2) is 18.2 Å². The number of likely N-dealkylation sites (N-methyl/N-ethyl adjacent to an activating group) is 1. The Hall–Kier alpha value is -1.55. The maximum Gasteiger partial charge on any atom is 0.330 e. The van der Waals surface area contributed by atoms with E-state index < -0.39 is 5.54 Å². The van der Waals surface area contributed by atoms with Gasteiger partial charge in [0.05, 0.1) is 14.2 Å². The largest absolute Gasteiger partial charge is 0.496 e. The Morgan fingerprint density at radius 2 is 2.00 bits per heavy atom. The molecule has 17 heavy (non-hydrogen) atoms. The third kappa shape index (κ3) is 2.42. The van der Waals surface area contributed by atoms with E-state index in [4.69, 9.17) is 9.47 Å². The van der Waals surface area contributed by atoms with Crippen molar-refractivity contribution in [3.63, 3.8) is 0 Å². The number of methoxy groups -OCH3 is 2. The lowest BCUT2D eigenvalue weighted by atomic mass is 9.90. The molecule has 1 rings (SSSR count). The summed E-state index contributed by atoms with van der Waals surface area (Å²) in [4.78, 5) is 11.9. The molecule has 1 aromatic carbocycles. The number of rotatable bonds is 4. The molecule has 0 aromatic heterocycles. The van der Waals surface area contributed by atoms with Crippen LogP contribution in [0.5, 0.6) is 5.75 Å². The summed E-state index contributed by atoms with van der Waals surface area (Å²) in [6, 6.07) is 5.71. The molecule has 0 heterocycles. The summed E-state index contributed by atoms with van der Waals surface area (Å²) in [5.74, 6) is 0.321. The average Bonchev–Trinajstić information content (AvgIpc) is 2.36. The number of carbonyl (C=O) groups is 1. The van der Waals surface area contributed by atoms with E-state index in [0.717, 1.165) is 11.1 Å². The fourth-order valence-corrected chi connectivity index (χ4v) is 1.76. The topological polar surface area (TPSA) is 47.6 Å². The number of aryl methyl sites for hydroxylation is 1. The molecule has 4 heteroatoms. The lowest BCUT2D eigenvalue weighted by molar-refractivity contribution is -0.148. The molecule has 0 aliphatic heterocycles. The van der Waals surface area contributed by atoms with Crippen LogP contribution in [0, 0.1) is 6.92 Å². The van der Waals surface area contributed by atoms with Crippen molar-refractivity contribution in [2.24, 2.45) is 0 Å². The lowest BCUT2D eigenvalue weighted by Gasteiger charge is -2.28. The second-order valence-corrected chi connectivity index (χ2v) is 4.07. The molecule has 0 aliphatic carbocycles. The molecule has 0 saturated heterocycles. The molecule has 0 bridgehead atoms. The molecule has 1 N–H and O–H groups in total. The van der Waals surface area contributed by atoms with Crippen LogP contribution in [-0.4, -0.2) is 27.2 Å².